The number of ether oxygens (including phenoxy) is 1. The van der Waals surface area contributed by atoms with Crippen LogP contribution in [0.3, 0.4) is 0 Å². The third-order valence-corrected chi connectivity index (χ3v) is 4.70. The third kappa shape index (κ3) is 4.63. The molecule has 27 heavy (non-hydrogen) atoms. The largest absolute Gasteiger partial charge is 0.473 e. The number of hydrogen-bond acceptors (Lipinski definition) is 5. The fourth-order valence-electron chi connectivity index (χ4n) is 3.36. The highest BCUT2D eigenvalue weighted by atomic mass is 16.5. The summed E-state index contributed by atoms with van der Waals surface area (Å²) in [7, 11) is 0. The van der Waals surface area contributed by atoms with Crippen molar-refractivity contribution in [2.75, 3.05) is 18.4 Å². The molecule has 0 fully saturated rings. The summed E-state index contributed by atoms with van der Waals surface area (Å²) in [4.78, 5) is 11.0. The lowest BCUT2D eigenvalue weighted by molar-refractivity contribution is 0.269. The van der Waals surface area contributed by atoms with Gasteiger partial charge in [-0.3, -0.25) is 9.88 Å². The Labute approximate surface area is 160 Å². The van der Waals surface area contributed by atoms with E-state index in [1.54, 1.807) is 6.20 Å². The predicted octanol–water partition coefficient (Wildman–Crippen LogP) is 3.79. The number of anilines is 1. The summed E-state index contributed by atoms with van der Waals surface area (Å²) in [6.45, 7) is 6.34. The molecule has 0 unspecified atom stereocenters. The Balaban J connectivity index is 1.46. The van der Waals surface area contributed by atoms with Crippen molar-refractivity contribution < 1.29 is 4.74 Å². The van der Waals surface area contributed by atoms with Gasteiger partial charge in [0, 0.05) is 50.2 Å². The van der Waals surface area contributed by atoms with E-state index in [1.165, 1.54) is 16.7 Å². The number of hydrogen-bond donors (Lipinski definition) is 1. The van der Waals surface area contributed by atoms with Crippen molar-refractivity contribution >= 4 is 5.69 Å². The van der Waals surface area contributed by atoms with Crippen LogP contribution < -0.4 is 10.1 Å². The molecule has 1 aliphatic heterocycles. The number of aryl methyl sites for hydroxylation is 1. The van der Waals surface area contributed by atoms with Gasteiger partial charge in [-0.25, -0.2) is 4.98 Å². The first-order chi connectivity index (χ1) is 13.3. The van der Waals surface area contributed by atoms with Crippen LogP contribution in [-0.2, 0) is 19.7 Å². The fraction of sp³-hybridized carbons (Fsp3) is 0.273. The lowest BCUT2D eigenvalue weighted by Crippen LogP contribution is -2.25. The summed E-state index contributed by atoms with van der Waals surface area (Å²) >= 11 is 0. The zero-order chi connectivity index (χ0) is 18.5. The summed E-state index contributed by atoms with van der Waals surface area (Å²) in [5, 5.41) is 3.48. The van der Waals surface area contributed by atoms with E-state index in [-0.39, 0.29) is 0 Å². The first-order valence-corrected chi connectivity index (χ1v) is 9.29. The van der Waals surface area contributed by atoms with E-state index in [4.69, 9.17) is 4.74 Å². The van der Waals surface area contributed by atoms with Gasteiger partial charge >= 0.3 is 0 Å². The van der Waals surface area contributed by atoms with Crippen LogP contribution in [0.15, 0.2) is 61.1 Å². The number of aromatic nitrogens is 2. The lowest BCUT2D eigenvalue weighted by atomic mass is 10.1. The third-order valence-electron chi connectivity index (χ3n) is 4.70. The second kappa shape index (κ2) is 8.18. The van der Waals surface area contributed by atoms with E-state index in [9.17, 15) is 0 Å². The molecule has 1 N–H and O–H groups in total. The molecule has 3 aromatic rings. The number of nitrogens with one attached hydrogen (secondary N) is 1. The van der Waals surface area contributed by atoms with Crippen LogP contribution in [0.25, 0.3) is 0 Å². The van der Waals surface area contributed by atoms with Gasteiger partial charge in [0.15, 0.2) is 0 Å². The molecule has 0 spiro atoms. The van der Waals surface area contributed by atoms with Crippen LogP contribution in [0.2, 0.25) is 0 Å². The molecule has 3 heterocycles. The van der Waals surface area contributed by atoms with Gasteiger partial charge in [0.1, 0.15) is 6.61 Å². The Morgan fingerprint density at radius 2 is 2.04 bits per heavy atom. The molecule has 5 heteroatoms. The quantitative estimate of drug-likeness (QED) is 0.750. The Morgan fingerprint density at radius 1 is 1.11 bits per heavy atom. The summed E-state index contributed by atoms with van der Waals surface area (Å²) in [6.07, 6.45) is 5.46. The molecule has 0 radical (unpaired) electrons. The Bertz CT molecular complexity index is 898. The van der Waals surface area contributed by atoms with Crippen molar-refractivity contribution in [2.24, 2.45) is 0 Å². The molecule has 0 atom stereocenters. The highest BCUT2D eigenvalue weighted by molar-refractivity contribution is 5.51. The Hall–Kier alpha value is -2.92. The van der Waals surface area contributed by atoms with Gasteiger partial charge in [0.25, 0.3) is 0 Å². The minimum absolute atomic E-state index is 0.472. The lowest BCUT2D eigenvalue weighted by Gasteiger charge is -2.20. The average molecular weight is 360 g/mol. The summed E-state index contributed by atoms with van der Waals surface area (Å²) in [6, 6.07) is 14.7. The average Bonchev–Trinajstić information content (AvgIpc) is 2.88. The number of benzene rings is 1. The molecule has 4 rings (SSSR count). The zero-order valence-electron chi connectivity index (χ0n) is 15.6. The highest BCUT2D eigenvalue weighted by Crippen LogP contribution is 2.24. The van der Waals surface area contributed by atoms with Gasteiger partial charge < -0.3 is 10.1 Å². The van der Waals surface area contributed by atoms with Gasteiger partial charge in [-0.1, -0.05) is 35.9 Å². The van der Waals surface area contributed by atoms with Crippen molar-refractivity contribution in [3.05, 3.63) is 83.3 Å². The van der Waals surface area contributed by atoms with Crippen LogP contribution in [-0.4, -0.2) is 28.0 Å². The van der Waals surface area contributed by atoms with Crippen LogP contribution in [0, 0.1) is 6.92 Å². The normalized spacial score (nSPS) is 14.1. The van der Waals surface area contributed by atoms with Crippen molar-refractivity contribution in [2.45, 2.75) is 26.6 Å². The fourth-order valence-corrected chi connectivity index (χ4v) is 3.36. The molecule has 1 aromatic carbocycles. The van der Waals surface area contributed by atoms with E-state index < -0.39 is 0 Å². The van der Waals surface area contributed by atoms with E-state index in [1.807, 2.05) is 30.6 Å². The molecule has 2 aromatic heterocycles. The first-order valence-electron chi connectivity index (χ1n) is 9.29. The Morgan fingerprint density at radius 3 is 2.89 bits per heavy atom. The maximum atomic E-state index is 5.87. The van der Waals surface area contributed by atoms with Crippen molar-refractivity contribution in [1.29, 1.82) is 0 Å². The number of pyridine rings is 2. The predicted molar refractivity (Wildman–Crippen MR) is 107 cm³/mol. The van der Waals surface area contributed by atoms with E-state index in [0.29, 0.717) is 12.5 Å². The second-order valence-electron chi connectivity index (χ2n) is 6.96. The molecular weight excluding hydrogens is 336 g/mol. The highest BCUT2D eigenvalue weighted by Gasteiger charge is 2.16. The zero-order valence-corrected chi connectivity index (χ0v) is 15.6. The molecular formula is C22H24N4O. The minimum Gasteiger partial charge on any atom is -0.473 e. The topological polar surface area (TPSA) is 50.3 Å². The van der Waals surface area contributed by atoms with Crippen molar-refractivity contribution in [3.8, 4) is 5.88 Å². The molecule has 0 saturated carbocycles. The van der Waals surface area contributed by atoms with Crippen LogP contribution in [0.4, 0.5) is 5.69 Å². The van der Waals surface area contributed by atoms with Crippen LogP contribution in [0.5, 0.6) is 5.88 Å². The Kier molecular flexibility index (Phi) is 5.30. The molecule has 138 valence electrons. The molecule has 1 aliphatic rings. The second-order valence-corrected chi connectivity index (χ2v) is 6.96. The van der Waals surface area contributed by atoms with Crippen molar-refractivity contribution in [1.82, 2.24) is 14.9 Å². The molecule has 0 saturated heterocycles. The van der Waals surface area contributed by atoms with E-state index >= 15 is 0 Å². The molecule has 0 bridgehead atoms. The van der Waals surface area contributed by atoms with Gasteiger partial charge in [-0.05, 0) is 24.1 Å². The van der Waals surface area contributed by atoms with Gasteiger partial charge in [0.2, 0.25) is 5.88 Å². The SMILES string of the molecule is Cc1cccc(CN2CCNc3cnc(OCc4cccnc4)cc3C2)c1. The van der Waals surface area contributed by atoms with E-state index in [0.717, 1.165) is 37.4 Å². The molecule has 0 aliphatic carbocycles. The number of rotatable bonds is 5. The molecule has 5 nitrogen and oxygen atoms in total. The van der Waals surface area contributed by atoms with Gasteiger partial charge in [0.05, 0.1) is 11.9 Å². The van der Waals surface area contributed by atoms with Gasteiger partial charge in [-0.2, -0.15) is 0 Å². The standard InChI is InChI=1S/C22H24N4O/c1-17-4-2-5-18(10-17)14-26-9-8-24-21-13-25-22(11-20(21)15-26)27-16-19-6-3-7-23-12-19/h2-7,10-13,24H,8-9,14-16H2,1H3. The van der Waals surface area contributed by atoms with Crippen LogP contribution in [0.1, 0.15) is 22.3 Å². The molecule has 0 amide bonds. The van der Waals surface area contributed by atoms with E-state index in [2.05, 4.69) is 51.4 Å². The summed E-state index contributed by atoms with van der Waals surface area (Å²) in [5.74, 6) is 0.650. The van der Waals surface area contributed by atoms with Crippen molar-refractivity contribution in [3.63, 3.8) is 0 Å². The number of nitrogens with zero attached hydrogens (tertiary/aromatic N) is 3. The smallest absolute Gasteiger partial charge is 0.213 e. The van der Waals surface area contributed by atoms with Gasteiger partial charge in [-0.15, -0.1) is 0 Å². The summed E-state index contributed by atoms with van der Waals surface area (Å²) in [5.41, 5.74) is 6.00. The van der Waals surface area contributed by atoms with Crippen LogP contribution >= 0.6 is 0 Å². The maximum absolute atomic E-state index is 5.87. The monoisotopic (exact) mass is 360 g/mol. The minimum atomic E-state index is 0.472. The summed E-state index contributed by atoms with van der Waals surface area (Å²) < 4.78 is 5.87. The first kappa shape index (κ1) is 17.5. The number of fused-ring (bicyclic) bond motifs is 1. The maximum Gasteiger partial charge on any atom is 0.213 e.